The van der Waals surface area contributed by atoms with Gasteiger partial charge in [-0.3, -0.25) is 4.79 Å². The van der Waals surface area contributed by atoms with Crippen molar-refractivity contribution in [1.82, 2.24) is 10.3 Å². The van der Waals surface area contributed by atoms with Gasteiger partial charge in [-0.2, -0.15) is 13.2 Å². The standard InChI is InChI=1S/C10H12F3N3O2/c11-10(12,13)6-18-5-4-15-9(17)7-2-1-3-8(14)16-7/h1-3H,4-6H2,(H2,14,16)(H,15,17). The highest BCUT2D eigenvalue weighted by Crippen LogP contribution is 2.13. The van der Waals surface area contributed by atoms with E-state index in [9.17, 15) is 18.0 Å². The molecule has 0 bridgehead atoms. The predicted molar refractivity (Wildman–Crippen MR) is 57.9 cm³/mol. The zero-order valence-corrected chi connectivity index (χ0v) is 9.33. The van der Waals surface area contributed by atoms with Crippen molar-refractivity contribution in [3.8, 4) is 0 Å². The van der Waals surface area contributed by atoms with E-state index in [0.29, 0.717) is 0 Å². The van der Waals surface area contributed by atoms with Crippen LogP contribution in [0.5, 0.6) is 0 Å². The Kier molecular flexibility index (Phi) is 4.90. The number of ether oxygens (including phenoxy) is 1. The number of hydrogen-bond acceptors (Lipinski definition) is 4. The summed E-state index contributed by atoms with van der Waals surface area (Å²) in [5.74, 6) is -0.325. The number of alkyl halides is 3. The number of nitrogen functional groups attached to an aromatic ring is 1. The van der Waals surface area contributed by atoms with Crippen LogP contribution in [0.4, 0.5) is 19.0 Å². The molecule has 0 aromatic carbocycles. The van der Waals surface area contributed by atoms with Crippen LogP contribution in [-0.4, -0.2) is 36.8 Å². The SMILES string of the molecule is Nc1cccc(C(=O)NCCOCC(F)(F)F)n1. The second-order valence-electron chi connectivity index (χ2n) is 3.37. The van der Waals surface area contributed by atoms with Crippen molar-refractivity contribution in [2.75, 3.05) is 25.5 Å². The largest absolute Gasteiger partial charge is 0.411 e. The van der Waals surface area contributed by atoms with Crippen LogP contribution in [0.3, 0.4) is 0 Å². The van der Waals surface area contributed by atoms with E-state index in [1.165, 1.54) is 12.1 Å². The van der Waals surface area contributed by atoms with Crippen LogP contribution in [-0.2, 0) is 4.74 Å². The van der Waals surface area contributed by atoms with Gasteiger partial charge in [0, 0.05) is 6.54 Å². The summed E-state index contributed by atoms with van der Waals surface area (Å²) < 4.78 is 39.5. The molecule has 5 nitrogen and oxygen atoms in total. The summed E-state index contributed by atoms with van der Waals surface area (Å²) in [5.41, 5.74) is 5.48. The lowest BCUT2D eigenvalue weighted by Gasteiger charge is -2.08. The van der Waals surface area contributed by atoms with Crippen molar-refractivity contribution in [3.05, 3.63) is 23.9 Å². The summed E-state index contributed by atoms with van der Waals surface area (Å²) in [5, 5.41) is 2.36. The predicted octanol–water partition coefficient (Wildman–Crippen LogP) is 0.972. The fourth-order valence-electron chi connectivity index (χ4n) is 1.09. The first-order valence-corrected chi connectivity index (χ1v) is 5.04. The number of hydrogen-bond donors (Lipinski definition) is 2. The highest BCUT2D eigenvalue weighted by atomic mass is 19.4. The Morgan fingerprint density at radius 2 is 2.17 bits per heavy atom. The van der Waals surface area contributed by atoms with Gasteiger partial charge in [0.25, 0.3) is 5.91 Å². The fourth-order valence-corrected chi connectivity index (χ4v) is 1.09. The van der Waals surface area contributed by atoms with Crippen LogP contribution in [0.15, 0.2) is 18.2 Å². The molecule has 1 aromatic rings. The lowest BCUT2D eigenvalue weighted by atomic mass is 10.3. The fraction of sp³-hybridized carbons (Fsp3) is 0.400. The summed E-state index contributed by atoms with van der Waals surface area (Å²) in [7, 11) is 0. The summed E-state index contributed by atoms with van der Waals surface area (Å²) in [6.07, 6.45) is -4.36. The first kappa shape index (κ1) is 14.2. The minimum absolute atomic E-state index is 0.0363. The Morgan fingerprint density at radius 1 is 1.44 bits per heavy atom. The minimum Gasteiger partial charge on any atom is -0.384 e. The second-order valence-corrected chi connectivity index (χ2v) is 3.37. The van der Waals surface area contributed by atoms with Crippen LogP contribution < -0.4 is 11.1 Å². The maximum absolute atomic E-state index is 11.7. The number of amides is 1. The molecule has 1 heterocycles. The van der Waals surface area contributed by atoms with Crippen LogP contribution in [0.2, 0.25) is 0 Å². The highest BCUT2D eigenvalue weighted by Gasteiger charge is 2.27. The van der Waals surface area contributed by atoms with E-state index in [2.05, 4.69) is 15.0 Å². The smallest absolute Gasteiger partial charge is 0.384 e. The second kappa shape index (κ2) is 6.20. The van der Waals surface area contributed by atoms with Gasteiger partial charge in [-0.15, -0.1) is 0 Å². The molecule has 0 fully saturated rings. The van der Waals surface area contributed by atoms with E-state index in [4.69, 9.17) is 5.73 Å². The number of nitrogens with one attached hydrogen (secondary N) is 1. The van der Waals surface area contributed by atoms with Crippen molar-refractivity contribution >= 4 is 11.7 Å². The van der Waals surface area contributed by atoms with Gasteiger partial charge >= 0.3 is 6.18 Å². The number of pyridine rings is 1. The van der Waals surface area contributed by atoms with Crippen molar-refractivity contribution in [3.63, 3.8) is 0 Å². The third-order valence-corrected chi connectivity index (χ3v) is 1.80. The summed E-state index contributed by atoms with van der Waals surface area (Å²) in [4.78, 5) is 15.2. The third-order valence-electron chi connectivity index (χ3n) is 1.80. The van der Waals surface area contributed by atoms with Crippen molar-refractivity contribution in [1.29, 1.82) is 0 Å². The molecule has 1 aromatic heterocycles. The summed E-state index contributed by atoms with van der Waals surface area (Å²) in [6, 6.07) is 4.52. The van der Waals surface area contributed by atoms with Crippen LogP contribution in [0.25, 0.3) is 0 Å². The molecule has 3 N–H and O–H groups in total. The third kappa shape index (κ3) is 5.48. The Bertz CT molecular complexity index is 410. The molecular formula is C10H12F3N3O2. The van der Waals surface area contributed by atoms with Gasteiger partial charge in [-0.25, -0.2) is 4.98 Å². The van der Waals surface area contributed by atoms with Gasteiger partial charge in [0.15, 0.2) is 0 Å². The normalized spacial score (nSPS) is 11.3. The first-order chi connectivity index (χ1) is 8.38. The van der Waals surface area contributed by atoms with Gasteiger partial charge in [0.1, 0.15) is 18.1 Å². The Labute approximate surface area is 101 Å². The summed E-state index contributed by atoms with van der Waals surface area (Å²) in [6.45, 7) is -1.60. The number of halogens is 3. The monoisotopic (exact) mass is 263 g/mol. The molecule has 0 unspecified atom stereocenters. The molecule has 0 atom stereocenters. The van der Waals surface area contributed by atoms with Gasteiger partial charge in [0.2, 0.25) is 0 Å². The van der Waals surface area contributed by atoms with E-state index in [1.807, 2.05) is 0 Å². The lowest BCUT2D eigenvalue weighted by Crippen LogP contribution is -2.29. The number of nitrogens with zero attached hydrogens (tertiary/aromatic N) is 1. The molecule has 0 radical (unpaired) electrons. The number of aromatic nitrogens is 1. The van der Waals surface area contributed by atoms with E-state index in [-0.39, 0.29) is 24.7 Å². The molecule has 18 heavy (non-hydrogen) atoms. The maximum Gasteiger partial charge on any atom is 0.411 e. The average molecular weight is 263 g/mol. The Hall–Kier alpha value is -1.83. The maximum atomic E-state index is 11.7. The molecular weight excluding hydrogens is 251 g/mol. The van der Waals surface area contributed by atoms with E-state index >= 15 is 0 Å². The molecule has 0 aliphatic heterocycles. The quantitative estimate of drug-likeness (QED) is 0.776. The Balaban J connectivity index is 2.26. The molecule has 8 heteroatoms. The molecule has 0 saturated carbocycles. The number of carbonyl (C=O) groups excluding carboxylic acids is 1. The molecule has 0 saturated heterocycles. The van der Waals surface area contributed by atoms with E-state index < -0.39 is 18.7 Å². The molecule has 0 aliphatic carbocycles. The van der Waals surface area contributed by atoms with Crippen molar-refractivity contribution in [2.45, 2.75) is 6.18 Å². The van der Waals surface area contributed by atoms with E-state index in [0.717, 1.165) is 0 Å². The topological polar surface area (TPSA) is 77.2 Å². The highest BCUT2D eigenvalue weighted by molar-refractivity contribution is 5.92. The Morgan fingerprint density at radius 3 is 2.78 bits per heavy atom. The average Bonchev–Trinajstić information content (AvgIpc) is 2.26. The van der Waals surface area contributed by atoms with E-state index in [1.54, 1.807) is 6.07 Å². The van der Waals surface area contributed by atoms with Crippen LogP contribution in [0.1, 0.15) is 10.5 Å². The molecule has 100 valence electrons. The van der Waals surface area contributed by atoms with Crippen molar-refractivity contribution in [2.24, 2.45) is 0 Å². The molecule has 0 spiro atoms. The first-order valence-electron chi connectivity index (χ1n) is 5.04. The zero-order chi connectivity index (χ0) is 13.6. The number of carbonyl (C=O) groups is 1. The lowest BCUT2D eigenvalue weighted by molar-refractivity contribution is -0.173. The molecule has 1 rings (SSSR count). The number of rotatable bonds is 5. The zero-order valence-electron chi connectivity index (χ0n) is 9.33. The van der Waals surface area contributed by atoms with Crippen LogP contribution in [0, 0.1) is 0 Å². The van der Waals surface area contributed by atoms with Crippen LogP contribution >= 0.6 is 0 Å². The molecule has 1 amide bonds. The van der Waals surface area contributed by atoms with Gasteiger partial charge in [-0.05, 0) is 12.1 Å². The van der Waals surface area contributed by atoms with Gasteiger partial charge in [0.05, 0.1) is 6.61 Å². The minimum atomic E-state index is -4.36. The van der Waals surface area contributed by atoms with Gasteiger partial charge in [-0.1, -0.05) is 6.07 Å². The number of nitrogens with two attached hydrogens (primary N) is 1. The molecule has 0 aliphatic rings. The van der Waals surface area contributed by atoms with Crippen molar-refractivity contribution < 1.29 is 22.7 Å². The summed E-state index contributed by atoms with van der Waals surface area (Å²) >= 11 is 0. The van der Waals surface area contributed by atoms with Gasteiger partial charge < -0.3 is 15.8 Å². The number of anilines is 1.